The number of hydrogen-bond acceptors (Lipinski definition) is 2. The van der Waals surface area contributed by atoms with Crippen molar-refractivity contribution in [2.24, 2.45) is 11.3 Å². The van der Waals surface area contributed by atoms with Crippen molar-refractivity contribution < 1.29 is 4.79 Å². The Labute approximate surface area is 105 Å². The number of piperidine rings is 1. The van der Waals surface area contributed by atoms with Crippen molar-refractivity contribution in [3.05, 3.63) is 0 Å². The zero-order chi connectivity index (χ0) is 12.9. The molecular formula is C14H24N2O. The van der Waals surface area contributed by atoms with E-state index in [2.05, 4.69) is 19.9 Å². The van der Waals surface area contributed by atoms with Crippen LogP contribution in [0.3, 0.4) is 0 Å². The zero-order valence-electron chi connectivity index (χ0n) is 11.3. The van der Waals surface area contributed by atoms with E-state index in [4.69, 9.17) is 0 Å². The van der Waals surface area contributed by atoms with Crippen LogP contribution in [0.4, 0.5) is 0 Å². The fourth-order valence-electron chi connectivity index (χ4n) is 2.98. The lowest BCUT2D eigenvalue weighted by Crippen LogP contribution is -2.42. The number of amides is 1. The molecule has 96 valence electrons. The summed E-state index contributed by atoms with van der Waals surface area (Å²) in [7, 11) is 0. The lowest BCUT2D eigenvalue weighted by atomic mass is 9.68. The standard InChI is InChI=1S/C14H24N2O/c1-4-13(17)16-9-7-12(8-10-16)14(5-2,6-3)11-15/h12H,4-10H2,1-3H3. The lowest BCUT2D eigenvalue weighted by molar-refractivity contribution is -0.132. The van der Waals surface area contributed by atoms with E-state index in [1.165, 1.54) is 0 Å². The Balaban J connectivity index is 2.63. The van der Waals surface area contributed by atoms with Gasteiger partial charge >= 0.3 is 0 Å². The maximum atomic E-state index is 11.6. The summed E-state index contributed by atoms with van der Waals surface area (Å²) in [6.07, 6.45) is 4.41. The number of carbonyl (C=O) groups excluding carboxylic acids is 1. The van der Waals surface area contributed by atoms with Gasteiger partial charge in [-0.2, -0.15) is 5.26 Å². The van der Waals surface area contributed by atoms with E-state index in [9.17, 15) is 10.1 Å². The van der Waals surface area contributed by atoms with Crippen LogP contribution in [0, 0.1) is 22.7 Å². The molecule has 0 aromatic rings. The molecule has 0 bridgehead atoms. The molecule has 0 N–H and O–H groups in total. The van der Waals surface area contributed by atoms with E-state index in [1.807, 2.05) is 11.8 Å². The molecule has 0 spiro atoms. The van der Waals surface area contributed by atoms with E-state index in [-0.39, 0.29) is 11.3 Å². The normalized spacial score (nSPS) is 17.9. The number of hydrogen-bond donors (Lipinski definition) is 0. The predicted molar refractivity (Wildman–Crippen MR) is 68.2 cm³/mol. The summed E-state index contributed by atoms with van der Waals surface area (Å²) >= 11 is 0. The minimum absolute atomic E-state index is 0.165. The van der Waals surface area contributed by atoms with Gasteiger partial charge in [0.1, 0.15) is 0 Å². The second-order valence-corrected chi connectivity index (χ2v) is 4.98. The lowest BCUT2D eigenvalue weighted by Gasteiger charge is -2.40. The van der Waals surface area contributed by atoms with Gasteiger partial charge in [-0.15, -0.1) is 0 Å². The van der Waals surface area contributed by atoms with Crippen molar-refractivity contribution in [1.29, 1.82) is 5.26 Å². The first-order chi connectivity index (χ1) is 8.13. The van der Waals surface area contributed by atoms with Crippen molar-refractivity contribution in [3.63, 3.8) is 0 Å². The Hall–Kier alpha value is -1.04. The van der Waals surface area contributed by atoms with Gasteiger partial charge in [-0.05, 0) is 31.6 Å². The van der Waals surface area contributed by atoms with Crippen LogP contribution in [0.1, 0.15) is 52.9 Å². The van der Waals surface area contributed by atoms with E-state index >= 15 is 0 Å². The summed E-state index contributed by atoms with van der Waals surface area (Å²) in [6.45, 7) is 7.79. The third kappa shape index (κ3) is 2.80. The first kappa shape index (κ1) is 14.0. The molecule has 0 atom stereocenters. The number of rotatable bonds is 4. The minimum atomic E-state index is -0.165. The average Bonchev–Trinajstić information content (AvgIpc) is 2.41. The largest absolute Gasteiger partial charge is 0.343 e. The molecular weight excluding hydrogens is 212 g/mol. The second-order valence-electron chi connectivity index (χ2n) is 4.98. The molecule has 0 aromatic heterocycles. The molecule has 17 heavy (non-hydrogen) atoms. The highest BCUT2D eigenvalue weighted by atomic mass is 16.2. The van der Waals surface area contributed by atoms with E-state index in [1.54, 1.807) is 0 Å². The van der Waals surface area contributed by atoms with Gasteiger partial charge in [0.15, 0.2) is 0 Å². The average molecular weight is 236 g/mol. The van der Waals surface area contributed by atoms with Crippen LogP contribution in [0.2, 0.25) is 0 Å². The molecule has 0 radical (unpaired) electrons. The van der Waals surface area contributed by atoms with Crippen molar-refractivity contribution in [2.45, 2.75) is 52.9 Å². The highest BCUT2D eigenvalue weighted by Crippen LogP contribution is 2.40. The molecule has 1 heterocycles. The predicted octanol–water partition coefficient (Wildman–Crippen LogP) is 2.96. The van der Waals surface area contributed by atoms with Crippen molar-refractivity contribution >= 4 is 5.91 Å². The summed E-state index contributed by atoms with van der Waals surface area (Å²) < 4.78 is 0. The minimum Gasteiger partial charge on any atom is -0.343 e. The van der Waals surface area contributed by atoms with E-state index in [0.717, 1.165) is 38.8 Å². The maximum absolute atomic E-state index is 11.6. The van der Waals surface area contributed by atoms with Crippen molar-refractivity contribution in [1.82, 2.24) is 4.90 Å². The van der Waals surface area contributed by atoms with Crippen LogP contribution in [-0.2, 0) is 4.79 Å². The molecule has 1 rings (SSSR count). The van der Waals surface area contributed by atoms with Gasteiger partial charge in [-0.1, -0.05) is 20.8 Å². The van der Waals surface area contributed by atoms with Crippen molar-refractivity contribution in [2.75, 3.05) is 13.1 Å². The number of nitrogens with zero attached hydrogens (tertiary/aromatic N) is 2. The highest BCUT2D eigenvalue weighted by Gasteiger charge is 2.38. The smallest absolute Gasteiger partial charge is 0.222 e. The fraction of sp³-hybridized carbons (Fsp3) is 0.857. The molecule has 0 unspecified atom stereocenters. The molecule has 1 aliphatic heterocycles. The SMILES string of the molecule is CCC(=O)N1CCC(C(C#N)(CC)CC)CC1. The van der Waals surface area contributed by atoms with Crippen molar-refractivity contribution in [3.8, 4) is 6.07 Å². The Bertz CT molecular complexity index is 294. The topological polar surface area (TPSA) is 44.1 Å². The van der Waals surface area contributed by atoms with Gasteiger partial charge in [0.25, 0.3) is 0 Å². The van der Waals surface area contributed by atoms with Gasteiger partial charge in [0.2, 0.25) is 5.91 Å². The summed E-state index contributed by atoms with van der Waals surface area (Å²) in [4.78, 5) is 13.5. The molecule has 1 fully saturated rings. The molecule has 1 saturated heterocycles. The summed E-state index contributed by atoms with van der Waals surface area (Å²) in [5, 5.41) is 9.42. The van der Waals surface area contributed by atoms with Crippen LogP contribution >= 0.6 is 0 Å². The zero-order valence-corrected chi connectivity index (χ0v) is 11.3. The van der Waals surface area contributed by atoms with Crippen LogP contribution in [0.15, 0.2) is 0 Å². The quantitative estimate of drug-likeness (QED) is 0.753. The summed E-state index contributed by atoms with van der Waals surface area (Å²) in [5.41, 5.74) is -0.165. The monoisotopic (exact) mass is 236 g/mol. The fourth-order valence-corrected chi connectivity index (χ4v) is 2.98. The molecule has 1 aliphatic rings. The number of carbonyl (C=O) groups is 1. The summed E-state index contributed by atoms with van der Waals surface area (Å²) in [5.74, 6) is 0.711. The van der Waals surface area contributed by atoms with E-state index in [0.29, 0.717) is 12.3 Å². The van der Waals surface area contributed by atoms with Crippen LogP contribution in [0.25, 0.3) is 0 Å². The van der Waals surface area contributed by atoms with Gasteiger partial charge in [0, 0.05) is 19.5 Å². The Morgan fingerprint density at radius 3 is 2.18 bits per heavy atom. The van der Waals surface area contributed by atoms with E-state index < -0.39 is 0 Å². The molecule has 3 nitrogen and oxygen atoms in total. The van der Waals surface area contributed by atoms with Crippen LogP contribution in [-0.4, -0.2) is 23.9 Å². The first-order valence-corrected chi connectivity index (χ1v) is 6.82. The number of nitriles is 1. The molecule has 0 aromatic carbocycles. The van der Waals surface area contributed by atoms with Gasteiger partial charge in [-0.25, -0.2) is 0 Å². The van der Waals surface area contributed by atoms with Gasteiger partial charge in [-0.3, -0.25) is 4.79 Å². The van der Waals surface area contributed by atoms with Gasteiger partial charge in [0.05, 0.1) is 11.5 Å². The first-order valence-electron chi connectivity index (χ1n) is 6.82. The summed E-state index contributed by atoms with van der Waals surface area (Å²) in [6, 6.07) is 2.54. The highest BCUT2D eigenvalue weighted by molar-refractivity contribution is 5.75. The Morgan fingerprint density at radius 2 is 1.82 bits per heavy atom. The second kappa shape index (κ2) is 6.05. The Kier molecular flexibility index (Phi) is 4.99. The molecule has 3 heteroatoms. The Morgan fingerprint density at radius 1 is 1.29 bits per heavy atom. The van der Waals surface area contributed by atoms with Gasteiger partial charge < -0.3 is 4.90 Å². The third-order valence-corrected chi connectivity index (χ3v) is 4.42. The molecule has 1 amide bonds. The third-order valence-electron chi connectivity index (χ3n) is 4.42. The molecule has 0 aliphatic carbocycles. The maximum Gasteiger partial charge on any atom is 0.222 e. The number of likely N-dealkylation sites (tertiary alicyclic amines) is 1. The molecule has 0 saturated carbocycles. The van der Waals surface area contributed by atoms with Crippen LogP contribution in [0.5, 0.6) is 0 Å². The van der Waals surface area contributed by atoms with Crippen LogP contribution < -0.4 is 0 Å².